The molecule has 1 fully saturated rings. The lowest BCUT2D eigenvalue weighted by molar-refractivity contribution is 0.110. The van der Waals surface area contributed by atoms with Crippen LogP contribution in [0.2, 0.25) is 0 Å². The first-order chi connectivity index (χ1) is 10.2. The molecular weight excluding hydrogens is 268 g/mol. The number of ether oxygens (including phenoxy) is 2. The van der Waals surface area contributed by atoms with E-state index in [-0.39, 0.29) is 12.1 Å². The first kappa shape index (κ1) is 15.6. The van der Waals surface area contributed by atoms with E-state index in [0.717, 1.165) is 30.7 Å². The number of benzene rings is 1. The van der Waals surface area contributed by atoms with E-state index in [0.29, 0.717) is 19.7 Å². The number of methoxy groups -OCH3 is 1. The van der Waals surface area contributed by atoms with Gasteiger partial charge in [-0.25, -0.2) is 4.79 Å². The van der Waals surface area contributed by atoms with Gasteiger partial charge >= 0.3 is 6.03 Å². The Hall–Kier alpha value is -1.75. The minimum absolute atomic E-state index is 0.0418. The lowest BCUT2D eigenvalue weighted by Gasteiger charge is -2.18. The first-order valence-corrected chi connectivity index (χ1v) is 7.50. The second kappa shape index (κ2) is 7.88. The summed E-state index contributed by atoms with van der Waals surface area (Å²) in [4.78, 5) is 13.9. The zero-order valence-corrected chi connectivity index (χ0v) is 12.8. The Balaban J connectivity index is 1.86. The van der Waals surface area contributed by atoms with Crippen molar-refractivity contribution in [2.45, 2.75) is 32.4 Å². The molecule has 0 aliphatic carbocycles. The molecule has 0 saturated carbocycles. The highest BCUT2D eigenvalue weighted by Crippen LogP contribution is 2.18. The Bertz CT molecular complexity index is 465. The van der Waals surface area contributed by atoms with Gasteiger partial charge in [0.2, 0.25) is 0 Å². The van der Waals surface area contributed by atoms with E-state index in [9.17, 15) is 4.79 Å². The zero-order valence-electron chi connectivity index (χ0n) is 12.8. The van der Waals surface area contributed by atoms with Crippen molar-refractivity contribution in [3.63, 3.8) is 0 Å². The number of hydrogen-bond acceptors (Lipinski definition) is 3. The van der Waals surface area contributed by atoms with Crippen molar-refractivity contribution in [3.8, 4) is 5.75 Å². The highest BCUT2D eigenvalue weighted by molar-refractivity contribution is 5.74. The van der Waals surface area contributed by atoms with Crippen molar-refractivity contribution in [1.82, 2.24) is 10.2 Å². The fourth-order valence-corrected chi connectivity index (χ4v) is 2.39. The van der Waals surface area contributed by atoms with Crippen LogP contribution in [-0.2, 0) is 11.3 Å². The van der Waals surface area contributed by atoms with E-state index in [1.54, 1.807) is 12.0 Å². The van der Waals surface area contributed by atoms with Crippen LogP contribution in [0, 0.1) is 0 Å². The maximum absolute atomic E-state index is 12.1. The molecule has 1 N–H and O–H groups in total. The fraction of sp³-hybridized carbons (Fsp3) is 0.562. The van der Waals surface area contributed by atoms with Crippen LogP contribution >= 0.6 is 0 Å². The van der Waals surface area contributed by atoms with Crippen molar-refractivity contribution in [2.75, 3.05) is 26.8 Å². The molecule has 1 saturated heterocycles. The predicted octanol–water partition coefficient (Wildman–Crippen LogP) is 2.41. The van der Waals surface area contributed by atoms with Gasteiger partial charge in [-0.3, -0.25) is 0 Å². The van der Waals surface area contributed by atoms with E-state index in [2.05, 4.69) is 12.2 Å². The largest absolute Gasteiger partial charge is 0.493 e. The zero-order chi connectivity index (χ0) is 15.1. The maximum Gasteiger partial charge on any atom is 0.317 e. The Labute approximate surface area is 126 Å². The van der Waals surface area contributed by atoms with Crippen LogP contribution < -0.4 is 10.1 Å². The summed E-state index contributed by atoms with van der Waals surface area (Å²) in [7, 11) is 1.69. The third-order valence-corrected chi connectivity index (χ3v) is 3.63. The monoisotopic (exact) mass is 292 g/mol. The smallest absolute Gasteiger partial charge is 0.317 e. The van der Waals surface area contributed by atoms with Crippen molar-refractivity contribution >= 4 is 6.03 Å². The van der Waals surface area contributed by atoms with Crippen molar-refractivity contribution in [2.24, 2.45) is 0 Å². The molecule has 0 aromatic heterocycles. The number of para-hydroxylation sites is 1. The van der Waals surface area contributed by atoms with Crippen LogP contribution in [0.25, 0.3) is 0 Å². The molecule has 1 aliphatic heterocycles. The number of carbonyl (C=O) groups is 1. The van der Waals surface area contributed by atoms with Gasteiger partial charge in [-0.1, -0.05) is 25.1 Å². The van der Waals surface area contributed by atoms with Crippen LogP contribution in [0.4, 0.5) is 4.79 Å². The van der Waals surface area contributed by atoms with Crippen molar-refractivity contribution in [3.05, 3.63) is 29.8 Å². The molecule has 2 amide bonds. The van der Waals surface area contributed by atoms with Gasteiger partial charge in [0.05, 0.1) is 12.7 Å². The molecule has 1 aromatic carbocycles. The molecule has 1 aliphatic rings. The Kier molecular flexibility index (Phi) is 5.87. The number of hydrogen-bond donors (Lipinski definition) is 1. The quantitative estimate of drug-likeness (QED) is 0.876. The minimum Gasteiger partial charge on any atom is -0.493 e. The molecule has 116 valence electrons. The molecule has 1 aromatic rings. The predicted molar refractivity (Wildman–Crippen MR) is 81.5 cm³/mol. The third kappa shape index (κ3) is 4.36. The molecule has 0 unspecified atom stereocenters. The van der Waals surface area contributed by atoms with Gasteiger partial charge in [-0.2, -0.15) is 0 Å². The van der Waals surface area contributed by atoms with Crippen LogP contribution in [0.5, 0.6) is 5.75 Å². The average Bonchev–Trinajstić information content (AvgIpc) is 3.00. The van der Waals surface area contributed by atoms with Crippen LogP contribution in [-0.4, -0.2) is 43.8 Å². The fourth-order valence-electron chi connectivity index (χ4n) is 2.39. The van der Waals surface area contributed by atoms with Crippen LogP contribution in [0.1, 0.15) is 25.3 Å². The van der Waals surface area contributed by atoms with E-state index in [1.165, 1.54) is 0 Å². The normalized spacial score (nSPS) is 17.8. The van der Waals surface area contributed by atoms with Gasteiger partial charge in [-0.05, 0) is 18.9 Å². The summed E-state index contributed by atoms with van der Waals surface area (Å²) in [5.41, 5.74) is 1.00. The first-order valence-electron chi connectivity index (χ1n) is 7.50. The van der Waals surface area contributed by atoms with Gasteiger partial charge in [0.25, 0.3) is 0 Å². The molecule has 1 heterocycles. The number of rotatable bonds is 6. The molecule has 2 rings (SSSR count). The number of likely N-dealkylation sites (tertiary alicyclic amines) is 1. The summed E-state index contributed by atoms with van der Waals surface area (Å²) >= 11 is 0. The summed E-state index contributed by atoms with van der Waals surface area (Å²) in [6, 6.07) is 7.78. The summed E-state index contributed by atoms with van der Waals surface area (Å²) in [5, 5.41) is 2.95. The average molecular weight is 292 g/mol. The van der Waals surface area contributed by atoms with E-state index >= 15 is 0 Å². The van der Waals surface area contributed by atoms with E-state index in [4.69, 9.17) is 9.47 Å². The third-order valence-electron chi connectivity index (χ3n) is 3.63. The molecule has 5 nitrogen and oxygen atoms in total. The summed E-state index contributed by atoms with van der Waals surface area (Å²) in [6.07, 6.45) is 2.03. The van der Waals surface area contributed by atoms with Gasteiger partial charge in [0.15, 0.2) is 0 Å². The Morgan fingerprint density at radius 2 is 2.24 bits per heavy atom. The van der Waals surface area contributed by atoms with Crippen molar-refractivity contribution in [1.29, 1.82) is 0 Å². The lowest BCUT2D eigenvalue weighted by Crippen LogP contribution is -2.38. The number of nitrogens with one attached hydrogen (secondary N) is 1. The van der Waals surface area contributed by atoms with Crippen molar-refractivity contribution < 1.29 is 14.3 Å². The summed E-state index contributed by atoms with van der Waals surface area (Å²) in [6.45, 7) is 4.65. The summed E-state index contributed by atoms with van der Waals surface area (Å²) < 4.78 is 11.0. The number of urea groups is 1. The molecule has 1 atom stereocenters. The summed E-state index contributed by atoms with van der Waals surface area (Å²) in [5.74, 6) is 0.843. The van der Waals surface area contributed by atoms with Gasteiger partial charge in [-0.15, -0.1) is 0 Å². The highest BCUT2D eigenvalue weighted by Gasteiger charge is 2.25. The number of carbonyl (C=O) groups excluding carboxylic acids is 1. The van der Waals surface area contributed by atoms with E-state index in [1.807, 2.05) is 24.3 Å². The molecule has 0 spiro atoms. The second-order valence-corrected chi connectivity index (χ2v) is 5.21. The van der Waals surface area contributed by atoms with Crippen LogP contribution in [0.3, 0.4) is 0 Å². The Morgan fingerprint density at radius 1 is 1.43 bits per heavy atom. The second-order valence-electron chi connectivity index (χ2n) is 5.21. The molecule has 5 heteroatoms. The van der Waals surface area contributed by atoms with E-state index < -0.39 is 0 Å². The van der Waals surface area contributed by atoms with Crippen LogP contribution in [0.15, 0.2) is 24.3 Å². The Morgan fingerprint density at radius 3 is 2.95 bits per heavy atom. The van der Waals surface area contributed by atoms with Gasteiger partial charge in [0, 0.05) is 32.3 Å². The standard InChI is InChI=1S/C16H24N2O3/c1-3-10-21-15-7-5-4-6-13(15)11-17-16(19)18-9-8-14(12-18)20-2/h4-7,14H,3,8-12H2,1-2H3,(H,17,19)/t14-/m0/s1. The molecular formula is C16H24N2O3. The highest BCUT2D eigenvalue weighted by atomic mass is 16.5. The molecule has 0 radical (unpaired) electrons. The molecule has 0 bridgehead atoms. The lowest BCUT2D eigenvalue weighted by atomic mass is 10.2. The minimum atomic E-state index is -0.0418. The van der Waals surface area contributed by atoms with Gasteiger partial charge in [0.1, 0.15) is 5.75 Å². The molecule has 21 heavy (non-hydrogen) atoms. The number of amides is 2. The SMILES string of the molecule is CCCOc1ccccc1CNC(=O)N1CC[C@H](OC)C1. The van der Waals surface area contributed by atoms with Gasteiger partial charge < -0.3 is 19.7 Å². The number of nitrogens with zero attached hydrogens (tertiary/aromatic N) is 1. The maximum atomic E-state index is 12.1. The topological polar surface area (TPSA) is 50.8 Å².